The zero-order valence-corrected chi connectivity index (χ0v) is 11.6. The van der Waals surface area contributed by atoms with Gasteiger partial charge in [0.2, 0.25) is 11.2 Å². The summed E-state index contributed by atoms with van der Waals surface area (Å²) in [7, 11) is 0. The zero-order valence-electron chi connectivity index (χ0n) is 10.9. The summed E-state index contributed by atoms with van der Waals surface area (Å²) in [5.74, 6) is 0.464. The minimum Gasteiger partial charge on any atom is -0.463 e. The van der Waals surface area contributed by atoms with Crippen LogP contribution in [0.25, 0.3) is 0 Å². The lowest BCUT2D eigenvalue weighted by molar-refractivity contribution is 0.137. The first-order valence-electron chi connectivity index (χ1n) is 5.99. The molecule has 0 aromatic carbocycles. The smallest absolute Gasteiger partial charge is 0.322 e. The summed E-state index contributed by atoms with van der Waals surface area (Å²) in [5, 5.41) is 12.6. The summed E-state index contributed by atoms with van der Waals surface area (Å²) in [4.78, 5) is 11.8. The monoisotopic (exact) mass is 274 g/mol. The zero-order chi connectivity index (χ0) is 13.5. The lowest BCUT2D eigenvalue weighted by Crippen LogP contribution is -2.25. The molecule has 0 fully saturated rings. The molecule has 7 heteroatoms. The van der Waals surface area contributed by atoms with E-state index in [0.29, 0.717) is 19.1 Å². The summed E-state index contributed by atoms with van der Waals surface area (Å²) >= 11 is 5.76. The van der Waals surface area contributed by atoms with E-state index >= 15 is 0 Å². The number of anilines is 1. The van der Waals surface area contributed by atoms with Crippen molar-refractivity contribution in [1.82, 2.24) is 15.0 Å². The molecule has 0 saturated carbocycles. The molecule has 0 aliphatic rings. The van der Waals surface area contributed by atoms with E-state index in [1.807, 2.05) is 20.8 Å². The van der Waals surface area contributed by atoms with Crippen LogP contribution in [0, 0.1) is 5.92 Å². The Balaban J connectivity index is 2.62. The van der Waals surface area contributed by atoms with E-state index in [1.54, 1.807) is 0 Å². The van der Waals surface area contributed by atoms with E-state index in [4.69, 9.17) is 16.3 Å². The Bertz CT molecular complexity index is 376. The average Bonchev–Trinajstić information content (AvgIpc) is 2.32. The van der Waals surface area contributed by atoms with Crippen molar-refractivity contribution < 1.29 is 9.84 Å². The van der Waals surface area contributed by atoms with Crippen molar-refractivity contribution >= 4 is 17.5 Å². The lowest BCUT2D eigenvalue weighted by atomic mass is 10.1. The molecule has 1 unspecified atom stereocenters. The highest BCUT2D eigenvalue weighted by atomic mass is 35.5. The summed E-state index contributed by atoms with van der Waals surface area (Å²) in [6.07, 6.45) is 0.388. The van der Waals surface area contributed by atoms with Gasteiger partial charge in [0, 0.05) is 6.54 Å². The van der Waals surface area contributed by atoms with Crippen LogP contribution in [0.3, 0.4) is 0 Å². The summed E-state index contributed by atoms with van der Waals surface area (Å²) in [6.45, 7) is 6.73. The van der Waals surface area contributed by atoms with Crippen LogP contribution in [0.2, 0.25) is 5.28 Å². The Labute approximate surface area is 112 Å². The number of hydrogen-bond acceptors (Lipinski definition) is 6. The van der Waals surface area contributed by atoms with Crippen molar-refractivity contribution in [3.8, 4) is 6.01 Å². The van der Waals surface area contributed by atoms with Crippen LogP contribution >= 0.6 is 11.6 Å². The van der Waals surface area contributed by atoms with E-state index < -0.39 is 6.10 Å². The highest BCUT2D eigenvalue weighted by Crippen LogP contribution is 2.12. The van der Waals surface area contributed by atoms with Crippen LogP contribution in [0.5, 0.6) is 6.01 Å². The van der Waals surface area contributed by atoms with Crippen molar-refractivity contribution in [2.75, 3.05) is 18.5 Å². The highest BCUT2D eigenvalue weighted by molar-refractivity contribution is 6.28. The van der Waals surface area contributed by atoms with E-state index in [9.17, 15) is 5.11 Å². The van der Waals surface area contributed by atoms with E-state index in [-0.39, 0.29) is 17.2 Å². The molecule has 2 N–H and O–H groups in total. The molecule has 1 heterocycles. The Morgan fingerprint density at radius 2 is 2.06 bits per heavy atom. The summed E-state index contributed by atoms with van der Waals surface area (Å²) in [5.41, 5.74) is 0. The molecule has 0 bridgehead atoms. The second-order valence-corrected chi connectivity index (χ2v) is 4.59. The quantitative estimate of drug-likeness (QED) is 0.788. The number of rotatable bonds is 7. The molecule has 1 aromatic rings. The normalized spacial score (nSPS) is 12.6. The van der Waals surface area contributed by atoms with Crippen LogP contribution in [0.1, 0.15) is 27.2 Å². The van der Waals surface area contributed by atoms with Crippen molar-refractivity contribution in [2.45, 2.75) is 33.3 Å². The molecule has 0 amide bonds. The highest BCUT2D eigenvalue weighted by Gasteiger charge is 2.11. The van der Waals surface area contributed by atoms with Crippen LogP contribution in [0.15, 0.2) is 0 Å². The van der Waals surface area contributed by atoms with Gasteiger partial charge in [-0.15, -0.1) is 0 Å². The fraction of sp³-hybridized carbons (Fsp3) is 0.727. The SMILES string of the molecule is CCCOc1nc(Cl)nc(NCC(O)C(C)C)n1. The van der Waals surface area contributed by atoms with Gasteiger partial charge in [0.1, 0.15) is 0 Å². The van der Waals surface area contributed by atoms with Crippen LogP contribution in [-0.4, -0.2) is 39.3 Å². The van der Waals surface area contributed by atoms with Crippen molar-refractivity contribution in [3.05, 3.63) is 5.28 Å². The Morgan fingerprint density at radius 3 is 2.67 bits per heavy atom. The maximum Gasteiger partial charge on any atom is 0.322 e. The van der Waals surface area contributed by atoms with Gasteiger partial charge < -0.3 is 15.2 Å². The third kappa shape index (κ3) is 5.01. The van der Waals surface area contributed by atoms with Gasteiger partial charge in [-0.1, -0.05) is 20.8 Å². The Morgan fingerprint density at radius 1 is 1.33 bits per heavy atom. The topological polar surface area (TPSA) is 80.2 Å². The molecule has 1 atom stereocenters. The molecular formula is C11H19ClN4O2. The van der Waals surface area contributed by atoms with E-state index in [1.165, 1.54) is 0 Å². The van der Waals surface area contributed by atoms with Crippen LogP contribution < -0.4 is 10.1 Å². The molecule has 0 spiro atoms. The fourth-order valence-electron chi connectivity index (χ4n) is 1.10. The average molecular weight is 275 g/mol. The predicted octanol–water partition coefficient (Wildman–Crippen LogP) is 1.74. The minimum atomic E-state index is -0.472. The maximum atomic E-state index is 9.67. The number of aliphatic hydroxyl groups is 1. The molecule has 18 heavy (non-hydrogen) atoms. The van der Waals surface area contributed by atoms with Gasteiger partial charge in [-0.25, -0.2) is 0 Å². The lowest BCUT2D eigenvalue weighted by Gasteiger charge is -2.15. The van der Waals surface area contributed by atoms with Crippen molar-refractivity contribution in [2.24, 2.45) is 5.92 Å². The number of halogens is 1. The maximum absolute atomic E-state index is 9.67. The Kier molecular flexibility index (Phi) is 6.07. The number of hydrogen-bond donors (Lipinski definition) is 2. The molecule has 6 nitrogen and oxygen atoms in total. The molecule has 0 aliphatic heterocycles. The van der Waals surface area contributed by atoms with Gasteiger partial charge in [0.05, 0.1) is 12.7 Å². The largest absolute Gasteiger partial charge is 0.463 e. The Hall–Kier alpha value is -1.14. The van der Waals surface area contributed by atoms with Gasteiger partial charge in [0.25, 0.3) is 0 Å². The second-order valence-electron chi connectivity index (χ2n) is 4.25. The molecule has 0 saturated heterocycles. The van der Waals surface area contributed by atoms with Gasteiger partial charge in [0.15, 0.2) is 0 Å². The van der Waals surface area contributed by atoms with Crippen molar-refractivity contribution in [1.29, 1.82) is 0 Å². The van der Waals surface area contributed by atoms with E-state index in [2.05, 4.69) is 20.3 Å². The minimum absolute atomic E-state index is 0.0673. The summed E-state index contributed by atoms with van der Waals surface area (Å²) < 4.78 is 5.28. The third-order valence-corrected chi connectivity index (χ3v) is 2.43. The number of nitrogens with one attached hydrogen (secondary N) is 1. The fourth-order valence-corrected chi connectivity index (χ4v) is 1.25. The van der Waals surface area contributed by atoms with Gasteiger partial charge in [-0.2, -0.15) is 15.0 Å². The third-order valence-electron chi connectivity index (χ3n) is 2.26. The van der Waals surface area contributed by atoms with Crippen LogP contribution in [0.4, 0.5) is 5.95 Å². The number of aromatic nitrogens is 3. The van der Waals surface area contributed by atoms with Crippen LogP contribution in [-0.2, 0) is 0 Å². The van der Waals surface area contributed by atoms with E-state index in [0.717, 1.165) is 6.42 Å². The predicted molar refractivity (Wildman–Crippen MR) is 70.0 cm³/mol. The molecule has 0 radical (unpaired) electrons. The standard InChI is InChI=1S/C11H19ClN4O2/c1-4-5-18-11-15-9(12)14-10(16-11)13-6-8(17)7(2)3/h7-8,17H,4-6H2,1-3H3,(H,13,14,15,16). The first kappa shape index (κ1) is 14.9. The number of nitrogens with zero attached hydrogens (tertiary/aromatic N) is 3. The first-order chi connectivity index (χ1) is 8.52. The van der Waals surface area contributed by atoms with Gasteiger partial charge in [-0.05, 0) is 23.9 Å². The molecule has 1 aromatic heterocycles. The molecular weight excluding hydrogens is 256 g/mol. The molecule has 102 valence electrons. The molecule has 0 aliphatic carbocycles. The molecule has 1 rings (SSSR count). The van der Waals surface area contributed by atoms with Gasteiger partial charge in [-0.3, -0.25) is 0 Å². The van der Waals surface area contributed by atoms with Crippen molar-refractivity contribution in [3.63, 3.8) is 0 Å². The number of aliphatic hydroxyl groups excluding tert-OH is 1. The first-order valence-corrected chi connectivity index (χ1v) is 6.37. The number of ether oxygens (including phenoxy) is 1. The summed E-state index contributed by atoms with van der Waals surface area (Å²) in [6, 6.07) is 0.193. The second kappa shape index (κ2) is 7.33. The van der Waals surface area contributed by atoms with Gasteiger partial charge >= 0.3 is 6.01 Å².